The van der Waals surface area contributed by atoms with Crippen LogP contribution in [0.1, 0.15) is 12.8 Å². The number of nitrogens with zero attached hydrogens (tertiary/aromatic N) is 1. The Morgan fingerprint density at radius 3 is 2.89 bits per heavy atom. The lowest BCUT2D eigenvalue weighted by Gasteiger charge is -2.30. The van der Waals surface area contributed by atoms with Gasteiger partial charge in [0.05, 0.1) is 5.69 Å². The van der Waals surface area contributed by atoms with Gasteiger partial charge >= 0.3 is 0 Å². The molecular weight excluding hydrogens is 302 g/mol. The normalized spacial score (nSPS) is 21.0. The van der Waals surface area contributed by atoms with Crippen molar-refractivity contribution >= 4 is 21.6 Å². The predicted octanol–water partition coefficient (Wildman–Crippen LogP) is 3.48. The molecule has 0 bridgehead atoms. The summed E-state index contributed by atoms with van der Waals surface area (Å²) in [6.45, 7) is 2.87. The third-order valence-corrected chi connectivity index (χ3v) is 3.92. The summed E-state index contributed by atoms with van der Waals surface area (Å²) in [7, 11) is 2.10. The van der Waals surface area contributed by atoms with Crippen molar-refractivity contribution in [2.24, 2.45) is 5.92 Å². The van der Waals surface area contributed by atoms with Crippen LogP contribution in [0.15, 0.2) is 16.6 Å². The van der Waals surface area contributed by atoms with E-state index in [1.165, 1.54) is 12.5 Å². The smallest absolute Gasteiger partial charge is 0.150 e. The van der Waals surface area contributed by atoms with Crippen LogP contribution in [0.4, 0.5) is 14.5 Å². The Morgan fingerprint density at radius 2 is 2.22 bits per heavy atom. The van der Waals surface area contributed by atoms with Crippen molar-refractivity contribution in [3.05, 3.63) is 28.2 Å². The minimum absolute atomic E-state index is 0.352. The number of benzene rings is 1. The van der Waals surface area contributed by atoms with Gasteiger partial charge < -0.3 is 10.2 Å². The average molecular weight is 319 g/mol. The molecule has 0 amide bonds. The molecule has 1 aliphatic heterocycles. The first-order valence-corrected chi connectivity index (χ1v) is 6.92. The molecule has 0 aromatic heterocycles. The zero-order chi connectivity index (χ0) is 13.1. The number of nitrogens with one attached hydrogen (secondary N) is 1. The van der Waals surface area contributed by atoms with Crippen LogP contribution in [0.3, 0.4) is 0 Å². The number of hydrogen-bond acceptors (Lipinski definition) is 2. The topological polar surface area (TPSA) is 15.3 Å². The monoisotopic (exact) mass is 318 g/mol. The Morgan fingerprint density at radius 1 is 1.44 bits per heavy atom. The van der Waals surface area contributed by atoms with Gasteiger partial charge in [-0.15, -0.1) is 0 Å². The lowest BCUT2D eigenvalue weighted by molar-refractivity contribution is 0.217. The Kier molecular flexibility index (Phi) is 4.56. The first kappa shape index (κ1) is 13.7. The number of hydrogen-bond donors (Lipinski definition) is 1. The van der Waals surface area contributed by atoms with Crippen LogP contribution < -0.4 is 5.32 Å². The summed E-state index contributed by atoms with van der Waals surface area (Å²) < 4.78 is 27.0. The number of anilines is 1. The molecule has 0 spiro atoms. The van der Waals surface area contributed by atoms with Crippen molar-refractivity contribution < 1.29 is 8.78 Å². The standard InChI is InChI=1S/C13H17BrF2N2/c1-18-4-2-3-9(8-18)7-17-13-11(14)5-10(15)6-12(13)16/h5-6,9,17H,2-4,7-8H2,1H3. The Hall–Kier alpha value is -0.680. The molecule has 0 saturated carbocycles. The van der Waals surface area contributed by atoms with Gasteiger partial charge in [-0.25, -0.2) is 8.78 Å². The predicted molar refractivity (Wildman–Crippen MR) is 72.8 cm³/mol. The van der Waals surface area contributed by atoms with Gasteiger partial charge in [-0.05, 0) is 54.3 Å². The molecule has 1 aromatic carbocycles. The number of halogens is 3. The van der Waals surface area contributed by atoms with E-state index >= 15 is 0 Å². The van der Waals surface area contributed by atoms with Crippen LogP contribution in [0.2, 0.25) is 0 Å². The highest BCUT2D eigenvalue weighted by molar-refractivity contribution is 9.10. The van der Waals surface area contributed by atoms with Crippen molar-refractivity contribution in [2.45, 2.75) is 12.8 Å². The lowest BCUT2D eigenvalue weighted by Crippen LogP contribution is -2.35. The van der Waals surface area contributed by atoms with Gasteiger partial charge in [-0.2, -0.15) is 0 Å². The van der Waals surface area contributed by atoms with Crippen LogP contribution >= 0.6 is 15.9 Å². The Bertz CT molecular complexity index is 402. The van der Waals surface area contributed by atoms with Gasteiger partial charge in [0.25, 0.3) is 0 Å². The second-order valence-corrected chi connectivity index (χ2v) is 5.75. The SMILES string of the molecule is CN1CCCC(CNc2c(F)cc(F)cc2Br)C1. The largest absolute Gasteiger partial charge is 0.381 e. The molecule has 1 fully saturated rings. The van der Waals surface area contributed by atoms with E-state index in [-0.39, 0.29) is 0 Å². The fourth-order valence-electron chi connectivity index (χ4n) is 2.40. The molecule has 100 valence electrons. The highest BCUT2D eigenvalue weighted by atomic mass is 79.9. The molecular formula is C13H17BrF2N2. The Balaban J connectivity index is 1.97. The molecule has 0 aliphatic carbocycles. The molecule has 1 aromatic rings. The van der Waals surface area contributed by atoms with Crippen LogP contribution in [-0.2, 0) is 0 Å². The van der Waals surface area contributed by atoms with E-state index in [1.807, 2.05) is 0 Å². The zero-order valence-electron chi connectivity index (χ0n) is 10.3. The summed E-state index contributed by atoms with van der Waals surface area (Å²) in [6, 6.07) is 2.18. The van der Waals surface area contributed by atoms with E-state index in [0.29, 0.717) is 22.6 Å². The van der Waals surface area contributed by atoms with Crippen molar-refractivity contribution in [1.82, 2.24) is 4.90 Å². The highest BCUT2D eigenvalue weighted by Gasteiger charge is 2.18. The van der Waals surface area contributed by atoms with E-state index in [1.54, 1.807) is 0 Å². The van der Waals surface area contributed by atoms with Gasteiger partial charge in [0.1, 0.15) is 11.6 Å². The van der Waals surface area contributed by atoms with Gasteiger partial charge in [0, 0.05) is 23.6 Å². The van der Waals surface area contributed by atoms with Crippen LogP contribution in [0.5, 0.6) is 0 Å². The second-order valence-electron chi connectivity index (χ2n) is 4.90. The maximum Gasteiger partial charge on any atom is 0.150 e. The van der Waals surface area contributed by atoms with E-state index in [2.05, 4.69) is 33.2 Å². The fraction of sp³-hybridized carbons (Fsp3) is 0.538. The maximum absolute atomic E-state index is 13.6. The number of piperidine rings is 1. The summed E-state index contributed by atoms with van der Waals surface area (Å²) in [5.74, 6) is -0.603. The zero-order valence-corrected chi connectivity index (χ0v) is 11.9. The molecule has 2 rings (SSSR count). The molecule has 1 N–H and O–H groups in total. The van der Waals surface area contributed by atoms with Crippen molar-refractivity contribution in [2.75, 3.05) is 32.0 Å². The van der Waals surface area contributed by atoms with Crippen LogP contribution in [-0.4, -0.2) is 31.6 Å². The van der Waals surface area contributed by atoms with E-state index in [0.717, 1.165) is 25.6 Å². The molecule has 1 saturated heterocycles. The summed E-state index contributed by atoms with van der Waals surface area (Å²) in [4.78, 5) is 2.28. The van der Waals surface area contributed by atoms with Crippen molar-refractivity contribution in [3.63, 3.8) is 0 Å². The van der Waals surface area contributed by atoms with Gasteiger partial charge in [-0.1, -0.05) is 0 Å². The molecule has 0 radical (unpaired) electrons. The molecule has 1 heterocycles. The highest BCUT2D eigenvalue weighted by Crippen LogP contribution is 2.27. The minimum atomic E-state index is -0.567. The minimum Gasteiger partial charge on any atom is -0.381 e. The van der Waals surface area contributed by atoms with Crippen LogP contribution in [0.25, 0.3) is 0 Å². The molecule has 2 nitrogen and oxygen atoms in total. The van der Waals surface area contributed by atoms with E-state index in [9.17, 15) is 8.78 Å². The van der Waals surface area contributed by atoms with E-state index < -0.39 is 11.6 Å². The Labute approximate surface area is 114 Å². The second kappa shape index (κ2) is 5.97. The summed E-state index contributed by atoms with van der Waals surface area (Å²) >= 11 is 3.18. The first-order valence-electron chi connectivity index (χ1n) is 6.13. The average Bonchev–Trinajstić information content (AvgIpc) is 2.27. The summed E-state index contributed by atoms with van der Waals surface area (Å²) in [6.07, 6.45) is 2.33. The lowest BCUT2D eigenvalue weighted by atomic mass is 9.98. The third kappa shape index (κ3) is 3.42. The fourth-order valence-corrected chi connectivity index (χ4v) is 2.95. The van der Waals surface area contributed by atoms with E-state index in [4.69, 9.17) is 0 Å². The van der Waals surface area contributed by atoms with Gasteiger partial charge in [0.2, 0.25) is 0 Å². The van der Waals surface area contributed by atoms with Gasteiger partial charge in [-0.3, -0.25) is 0 Å². The van der Waals surface area contributed by atoms with Crippen molar-refractivity contribution in [3.8, 4) is 0 Å². The molecule has 5 heteroatoms. The number of likely N-dealkylation sites (tertiary alicyclic amines) is 1. The summed E-state index contributed by atoms with van der Waals surface area (Å²) in [5.41, 5.74) is 0.352. The molecule has 18 heavy (non-hydrogen) atoms. The number of rotatable bonds is 3. The van der Waals surface area contributed by atoms with Gasteiger partial charge in [0.15, 0.2) is 0 Å². The molecule has 1 aliphatic rings. The first-order chi connectivity index (χ1) is 8.56. The molecule has 1 atom stereocenters. The summed E-state index contributed by atoms with van der Waals surface area (Å²) in [5, 5.41) is 3.08. The van der Waals surface area contributed by atoms with Crippen molar-refractivity contribution in [1.29, 1.82) is 0 Å². The third-order valence-electron chi connectivity index (χ3n) is 3.30. The van der Waals surface area contributed by atoms with Crippen LogP contribution in [0, 0.1) is 17.6 Å². The quantitative estimate of drug-likeness (QED) is 0.918. The maximum atomic E-state index is 13.6. The molecule has 1 unspecified atom stereocenters.